The van der Waals surface area contributed by atoms with Crippen LogP contribution in [0.15, 0.2) is 12.4 Å². The number of Topliss-reactive ketones (excluding diaryl/α,β-unsaturated/α-hetero) is 1. The molecular formula is C21H22F2N6O4S. The van der Waals surface area contributed by atoms with Crippen LogP contribution in [-0.4, -0.2) is 48.0 Å². The van der Waals surface area contributed by atoms with Crippen LogP contribution in [0.2, 0.25) is 0 Å². The molecule has 2 aliphatic rings. The van der Waals surface area contributed by atoms with Gasteiger partial charge in [0.15, 0.2) is 0 Å². The number of aromatic carboxylic acids is 1. The Kier molecular flexibility index (Phi) is 5.80. The van der Waals surface area contributed by atoms with Crippen molar-refractivity contribution < 1.29 is 28.2 Å². The minimum absolute atomic E-state index is 0.0813. The van der Waals surface area contributed by atoms with Crippen molar-refractivity contribution in [3.8, 4) is 5.88 Å². The van der Waals surface area contributed by atoms with E-state index in [4.69, 9.17) is 0 Å². The van der Waals surface area contributed by atoms with E-state index in [0.29, 0.717) is 29.5 Å². The monoisotopic (exact) mass is 492 g/mol. The number of ketones is 1. The summed E-state index contributed by atoms with van der Waals surface area (Å²) in [6.45, 7) is -2.98. The number of aromatic nitrogens is 5. The van der Waals surface area contributed by atoms with Crippen LogP contribution < -0.4 is 10.1 Å². The summed E-state index contributed by atoms with van der Waals surface area (Å²) in [5.74, 6) is -0.293. The molecule has 3 aromatic heterocycles. The quantitative estimate of drug-likeness (QED) is 0.466. The summed E-state index contributed by atoms with van der Waals surface area (Å²) in [7, 11) is 1.57. The first kappa shape index (κ1) is 22.4. The summed E-state index contributed by atoms with van der Waals surface area (Å²) >= 11 is 1.43. The highest BCUT2D eigenvalue weighted by Gasteiger charge is 2.34. The lowest BCUT2D eigenvalue weighted by molar-refractivity contribution is -0.119. The van der Waals surface area contributed by atoms with Gasteiger partial charge >= 0.3 is 12.6 Å². The molecule has 1 fully saturated rings. The Hall–Kier alpha value is -3.35. The van der Waals surface area contributed by atoms with E-state index in [-0.39, 0.29) is 35.6 Å². The Bertz CT molecular complexity index is 1250. The van der Waals surface area contributed by atoms with Crippen molar-refractivity contribution in [2.24, 2.45) is 13.0 Å². The van der Waals surface area contributed by atoms with Gasteiger partial charge in [-0.1, -0.05) is 0 Å². The maximum atomic E-state index is 12.5. The predicted octanol–water partition coefficient (Wildman–Crippen LogP) is 3.37. The molecule has 0 aromatic carbocycles. The smallest absolute Gasteiger partial charge is 0.388 e. The molecule has 0 bridgehead atoms. The van der Waals surface area contributed by atoms with E-state index in [1.54, 1.807) is 13.4 Å². The van der Waals surface area contributed by atoms with Gasteiger partial charge in [-0.3, -0.25) is 9.36 Å². The lowest BCUT2D eigenvalue weighted by atomic mass is 9.90. The number of thiophene rings is 1. The van der Waals surface area contributed by atoms with E-state index in [9.17, 15) is 23.5 Å². The number of alkyl halides is 2. The molecule has 1 atom stereocenters. The van der Waals surface area contributed by atoms with Gasteiger partial charge in [0.25, 0.3) is 0 Å². The molecule has 10 nitrogen and oxygen atoms in total. The number of fused-ring (bicyclic) bond motifs is 1. The zero-order valence-electron chi connectivity index (χ0n) is 18.2. The fraction of sp³-hybridized carbons (Fsp3) is 0.476. The number of nitrogens with one attached hydrogen (secondary N) is 1. The number of nitrogens with zero attached hydrogens (tertiary/aromatic N) is 5. The van der Waals surface area contributed by atoms with Gasteiger partial charge in [-0.25, -0.2) is 9.48 Å². The first-order chi connectivity index (χ1) is 16.3. The molecule has 2 aliphatic carbocycles. The van der Waals surface area contributed by atoms with Gasteiger partial charge in [0.05, 0.1) is 5.56 Å². The summed E-state index contributed by atoms with van der Waals surface area (Å²) < 4.78 is 32.5. The molecule has 13 heteroatoms. The summed E-state index contributed by atoms with van der Waals surface area (Å²) in [5, 5.41) is 24.9. The first-order valence-corrected chi connectivity index (χ1v) is 11.7. The van der Waals surface area contributed by atoms with Gasteiger partial charge in [-0.05, 0) is 37.7 Å². The zero-order chi connectivity index (χ0) is 24.0. The molecular weight excluding hydrogens is 470 g/mol. The van der Waals surface area contributed by atoms with Crippen molar-refractivity contribution in [1.82, 2.24) is 24.5 Å². The predicted molar refractivity (Wildman–Crippen MR) is 117 cm³/mol. The molecule has 0 amide bonds. The Morgan fingerprint density at radius 2 is 2.15 bits per heavy atom. The Morgan fingerprint density at radius 3 is 2.85 bits per heavy atom. The van der Waals surface area contributed by atoms with E-state index in [2.05, 4.69) is 25.3 Å². The van der Waals surface area contributed by atoms with Gasteiger partial charge in [0, 0.05) is 41.2 Å². The van der Waals surface area contributed by atoms with Crippen LogP contribution in [0.1, 0.15) is 51.0 Å². The molecule has 0 aliphatic heterocycles. The number of halogens is 2. The molecule has 0 unspecified atom stereocenters. The largest absolute Gasteiger partial charge is 0.478 e. The van der Waals surface area contributed by atoms with Crippen molar-refractivity contribution in [2.45, 2.75) is 51.2 Å². The summed E-state index contributed by atoms with van der Waals surface area (Å²) in [6.07, 6.45) is 5.39. The molecule has 0 spiro atoms. The Balaban J connectivity index is 1.38. The number of anilines is 2. The van der Waals surface area contributed by atoms with E-state index in [0.717, 1.165) is 29.7 Å². The van der Waals surface area contributed by atoms with Crippen LogP contribution in [-0.2, 0) is 31.1 Å². The Labute approximate surface area is 196 Å². The second kappa shape index (κ2) is 8.78. The highest BCUT2D eigenvalue weighted by atomic mass is 32.1. The zero-order valence-corrected chi connectivity index (χ0v) is 19.0. The maximum Gasteiger partial charge on any atom is 0.388 e. The first-order valence-electron chi connectivity index (χ1n) is 10.8. The number of carboxylic acids is 1. The third kappa shape index (κ3) is 4.39. The molecule has 5 rings (SSSR count). The molecule has 0 radical (unpaired) electrons. The normalized spacial score (nSPS) is 17.6. The number of carbonyl (C=O) groups excluding carboxylic acids is 1. The van der Waals surface area contributed by atoms with Crippen molar-refractivity contribution in [3.63, 3.8) is 0 Å². The molecule has 180 valence electrons. The second-order valence-electron chi connectivity index (χ2n) is 8.48. The molecule has 34 heavy (non-hydrogen) atoms. The van der Waals surface area contributed by atoms with Crippen molar-refractivity contribution in [1.29, 1.82) is 0 Å². The average molecular weight is 493 g/mol. The van der Waals surface area contributed by atoms with Crippen molar-refractivity contribution in [3.05, 3.63) is 33.3 Å². The lowest BCUT2D eigenvalue weighted by Gasteiger charge is -2.25. The summed E-state index contributed by atoms with van der Waals surface area (Å²) in [5.41, 5.74) is 1.02. The third-order valence-electron chi connectivity index (χ3n) is 6.16. The number of ether oxygens (including phenoxy) is 1. The van der Waals surface area contributed by atoms with E-state index in [1.807, 2.05) is 4.57 Å². The molecule has 2 N–H and O–H groups in total. The fourth-order valence-electron chi connectivity index (χ4n) is 4.36. The number of carbonyl (C=O) groups is 2. The Morgan fingerprint density at radius 1 is 1.35 bits per heavy atom. The average Bonchev–Trinajstić information content (AvgIpc) is 3.29. The number of hydrogen-bond donors (Lipinski definition) is 2. The maximum absolute atomic E-state index is 12.5. The third-order valence-corrected chi connectivity index (χ3v) is 7.45. The number of aryl methyl sites for hydroxylation is 2. The van der Waals surface area contributed by atoms with E-state index < -0.39 is 12.6 Å². The molecule has 1 saturated carbocycles. The van der Waals surface area contributed by atoms with E-state index >= 15 is 0 Å². The number of rotatable bonds is 9. The van der Waals surface area contributed by atoms with Crippen LogP contribution in [0, 0.1) is 5.92 Å². The van der Waals surface area contributed by atoms with Crippen LogP contribution >= 0.6 is 11.3 Å². The number of carboxylic acid groups (broad SMARTS) is 1. The SMILES string of the molecule is Cn1nc(OC(F)F)cc1Nc1nncn1[C@H]1CCc2sc(CC(=O)C3CC3)c(C(=O)O)c2C1. The van der Waals surface area contributed by atoms with Crippen LogP contribution in [0.4, 0.5) is 20.5 Å². The number of hydrogen-bond acceptors (Lipinski definition) is 8. The van der Waals surface area contributed by atoms with Crippen molar-refractivity contribution in [2.75, 3.05) is 5.32 Å². The van der Waals surface area contributed by atoms with Gasteiger partial charge in [0.1, 0.15) is 17.9 Å². The molecule has 3 aromatic rings. The lowest BCUT2D eigenvalue weighted by Crippen LogP contribution is -2.20. The van der Waals surface area contributed by atoms with Gasteiger partial charge in [-0.15, -0.1) is 26.6 Å². The van der Waals surface area contributed by atoms with Crippen molar-refractivity contribution >= 4 is 34.9 Å². The minimum atomic E-state index is -2.98. The van der Waals surface area contributed by atoms with Crippen LogP contribution in [0.25, 0.3) is 0 Å². The highest BCUT2D eigenvalue weighted by molar-refractivity contribution is 7.12. The van der Waals surface area contributed by atoms with Gasteiger partial charge < -0.3 is 15.2 Å². The van der Waals surface area contributed by atoms with Gasteiger partial charge in [0.2, 0.25) is 11.8 Å². The summed E-state index contributed by atoms with van der Waals surface area (Å²) in [6, 6.07) is 1.21. The standard InChI is InChI=1S/C21H22F2N6O4S/c1-28-16(8-17(27-28)33-20(22)23)25-21-26-24-9-29(21)11-4-5-14-12(6-11)18(19(31)32)15(34-14)7-13(30)10-2-3-10/h8-11,20H,2-7H2,1H3,(H,25,26)(H,31,32)/t11-/m0/s1. The second-order valence-corrected chi connectivity index (χ2v) is 9.67. The summed E-state index contributed by atoms with van der Waals surface area (Å²) in [4.78, 5) is 26.1. The highest BCUT2D eigenvalue weighted by Crippen LogP contribution is 2.40. The fourth-order valence-corrected chi connectivity index (χ4v) is 5.71. The molecule has 0 saturated heterocycles. The van der Waals surface area contributed by atoms with Crippen LogP contribution in [0.5, 0.6) is 5.88 Å². The van der Waals surface area contributed by atoms with E-state index in [1.165, 1.54) is 22.1 Å². The molecule has 3 heterocycles. The minimum Gasteiger partial charge on any atom is -0.478 e. The topological polar surface area (TPSA) is 124 Å². The van der Waals surface area contributed by atoms with Gasteiger partial charge in [-0.2, -0.15) is 8.78 Å². The van der Waals surface area contributed by atoms with Crippen LogP contribution in [0.3, 0.4) is 0 Å².